The number of nitrogens with one attached hydrogen (secondary N) is 2. The minimum absolute atomic E-state index is 0. The molecule has 2 N–H and O–H groups in total. The van der Waals surface area contributed by atoms with Gasteiger partial charge in [-0.05, 0) is 99.6 Å². The lowest BCUT2D eigenvalue weighted by atomic mass is 9.96. The number of hydrogen-bond donors (Lipinski definition) is 2. The summed E-state index contributed by atoms with van der Waals surface area (Å²) in [6, 6.07) is 20.9. The van der Waals surface area contributed by atoms with Crippen LogP contribution in [0, 0.1) is 0 Å². The zero-order valence-corrected chi connectivity index (χ0v) is 27.3. The maximum atomic E-state index is 5.82. The van der Waals surface area contributed by atoms with Gasteiger partial charge in [0, 0.05) is 11.6 Å². The summed E-state index contributed by atoms with van der Waals surface area (Å²) in [6.45, 7) is 4.15. The first-order valence-corrected chi connectivity index (χ1v) is 14.6. The van der Waals surface area contributed by atoms with Crippen molar-refractivity contribution < 1.29 is 18.9 Å². The standard InChI is InChI=1S/C34H48N2O4.2ClH/c1-37-30-24-28(25-31(26-30)38-2)14-16-32-29(15-17-33(39-3)34(32)40-4)19-23-36-21-11-6-5-10-20-35-22-18-27-12-8-7-9-13-27;;/h7-9,12-13,15,17,24-26,35-36H,5-6,10-11,14,16,18-23H2,1-4H3;2*1H. The minimum Gasteiger partial charge on any atom is -0.497 e. The molecular formula is C34H50Cl2N2O4. The molecule has 0 heterocycles. The quantitative estimate of drug-likeness (QED) is 0.134. The van der Waals surface area contributed by atoms with Crippen LogP contribution in [-0.2, 0) is 25.7 Å². The molecule has 0 saturated carbocycles. The maximum Gasteiger partial charge on any atom is 0.164 e. The number of halogens is 2. The minimum atomic E-state index is 0. The normalized spacial score (nSPS) is 10.4. The lowest BCUT2D eigenvalue weighted by Crippen LogP contribution is -2.20. The molecule has 0 aromatic heterocycles. The number of hydrogen-bond acceptors (Lipinski definition) is 6. The third-order valence-electron chi connectivity index (χ3n) is 7.28. The summed E-state index contributed by atoms with van der Waals surface area (Å²) in [5.74, 6) is 3.20. The highest BCUT2D eigenvalue weighted by molar-refractivity contribution is 5.85. The van der Waals surface area contributed by atoms with Gasteiger partial charge in [-0.2, -0.15) is 0 Å². The molecule has 0 amide bonds. The van der Waals surface area contributed by atoms with E-state index in [0.29, 0.717) is 0 Å². The van der Waals surface area contributed by atoms with Crippen molar-refractivity contribution in [2.75, 3.05) is 54.6 Å². The Morgan fingerprint density at radius 3 is 1.71 bits per heavy atom. The highest BCUT2D eigenvalue weighted by Crippen LogP contribution is 2.35. The van der Waals surface area contributed by atoms with Gasteiger partial charge in [-0.3, -0.25) is 0 Å². The van der Waals surface area contributed by atoms with E-state index >= 15 is 0 Å². The third kappa shape index (κ3) is 12.7. The molecule has 3 aromatic rings. The Balaban J connectivity index is 0.00000441. The molecule has 0 radical (unpaired) electrons. The van der Waals surface area contributed by atoms with Gasteiger partial charge in [0.05, 0.1) is 28.4 Å². The number of aryl methyl sites for hydroxylation is 1. The van der Waals surface area contributed by atoms with Crippen molar-refractivity contribution in [3.05, 3.63) is 82.9 Å². The number of unbranched alkanes of at least 4 members (excludes halogenated alkanes) is 3. The smallest absolute Gasteiger partial charge is 0.164 e. The topological polar surface area (TPSA) is 61.0 Å². The van der Waals surface area contributed by atoms with Crippen molar-refractivity contribution in [1.29, 1.82) is 0 Å². The first-order valence-electron chi connectivity index (χ1n) is 14.6. The fourth-order valence-electron chi connectivity index (χ4n) is 5.02. The van der Waals surface area contributed by atoms with E-state index < -0.39 is 0 Å². The van der Waals surface area contributed by atoms with Crippen molar-refractivity contribution in [2.24, 2.45) is 0 Å². The number of methoxy groups -OCH3 is 4. The van der Waals surface area contributed by atoms with Crippen LogP contribution in [0.5, 0.6) is 23.0 Å². The molecule has 3 rings (SSSR count). The van der Waals surface area contributed by atoms with Crippen LogP contribution in [0.2, 0.25) is 0 Å². The molecular weight excluding hydrogens is 571 g/mol. The molecule has 0 spiro atoms. The Morgan fingerprint density at radius 1 is 0.524 bits per heavy atom. The fourth-order valence-corrected chi connectivity index (χ4v) is 5.02. The van der Waals surface area contributed by atoms with Crippen molar-refractivity contribution in [3.63, 3.8) is 0 Å². The van der Waals surface area contributed by atoms with Crippen LogP contribution in [0.4, 0.5) is 0 Å². The van der Waals surface area contributed by atoms with E-state index in [1.807, 2.05) is 12.1 Å². The third-order valence-corrected chi connectivity index (χ3v) is 7.28. The second-order valence-electron chi connectivity index (χ2n) is 10.1. The van der Waals surface area contributed by atoms with Gasteiger partial charge in [0.25, 0.3) is 0 Å². The summed E-state index contributed by atoms with van der Waals surface area (Å²) in [5, 5.41) is 7.21. The van der Waals surface area contributed by atoms with Gasteiger partial charge in [0.1, 0.15) is 11.5 Å². The van der Waals surface area contributed by atoms with Crippen LogP contribution in [0.25, 0.3) is 0 Å². The van der Waals surface area contributed by atoms with Crippen molar-refractivity contribution >= 4 is 24.8 Å². The van der Waals surface area contributed by atoms with Crippen LogP contribution in [0.15, 0.2) is 60.7 Å². The first-order chi connectivity index (χ1) is 19.7. The molecule has 234 valence electrons. The zero-order chi connectivity index (χ0) is 28.4. The largest absolute Gasteiger partial charge is 0.497 e. The van der Waals surface area contributed by atoms with E-state index in [4.69, 9.17) is 18.9 Å². The van der Waals surface area contributed by atoms with Crippen LogP contribution >= 0.6 is 24.8 Å². The molecule has 0 aliphatic carbocycles. The van der Waals surface area contributed by atoms with Gasteiger partial charge in [-0.1, -0.05) is 49.2 Å². The Labute approximate surface area is 265 Å². The molecule has 8 heteroatoms. The monoisotopic (exact) mass is 620 g/mol. The van der Waals surface area contributed by atoms with Crippen LogP contribution < -0.4 is 29.6 Å². The molecule has 0 unspecified atom stereocenters. The summed E-state index contributed by atoms with van der Waals surface area (Å²) >= 11 is 0. The SMILES string of the molecule is COc1cc(CCc2c(CCNCCCCCCNCCc3ccccc3)ccc(OC)c2OC)cc(OC)c1.Cl.Cl. The second kappa shape index (κ2) is 22.0. The summed E-state index contributed by atoms with van der Waals surface area (Å²) in [7, 11) is 6.77. The van der Waals surface area contributed by atoms with E-state index in [2.05, 4.69) is 59.2 Å². The van der Waals surface area contributed by atoms with Crippen LogP contribution in [0.1, 0.15) is 47.9 Å². The van der Waals surface area contributed by atoms with Gasteiger partial charge in [-0.15, -0.1) is 24.8 Å². The molecule has 0 fully saturated rings. The first kappa shape index (κ1) is 37.4. The summed E-state index contributed by atoms with van der Waals surface area (Å²) in [5.41, 5.74) is 5.06. The van der Waals surface area contributed by atoms with E-state index in [1.54, 1.807) is 28.4 Å². The molecule has 0 saturated heterocycles. The van der Waals surface area contributed by atoms with E-state index in [1.165, 1.54) is 42.4 Å². The highest BCUT2D eigenvalue weighted by Gasteiger charge is 2.15. The average molecular weight is 622 g/mol. The molecule has 0 bridgehead atoms. The lowest BCUT2D eigenvalue weighted by molar-refractivity contribution is 0.351. The van der Waals surface area contributed by atoms with Gasteiger partial charge in [0.2, 0.25) is 0 Å². The lowest BCUT2D eigenvalue weighted by Gasteiger charge is -2.18. The van der Waals surface area contributed by atoms with Crippen molar-refractivity contribution in [1.82, 2.24) is 10.6 Å². The predicted octanol–water partition coefficient (Wildman–Crippen LogP) is 6.87. The Hall–Kier alpha value is -2.64. The molecule has 42 heavy (non-hydrogen) atoms. The summed E-state index contributed by atoms with van der Waals surface area (Å²) in [4.78, 5) is 0. The van der Waals surface area contributed by atoms with Crippen LogP contribution in [0.3, 0.4) is 0 Å². The van der Waals surface area contributed by atoms with Crippen molar-refractivity contribution in [3.8, 4) is 23.0 Å². The molecule has 0 aliphatic heterocycles. The predicted molar refractivity (Wildman–Crippen MR) is 179 cm³/mol. The number of rotatable bonds is 20. The van der Waals surface area contributed by atoms with Gasteiger partial charge in [0.15, 0.2) is 11.5 Å². The average Bonchev–Trinajstić information content (AvgIpc) is 3.00. The zero-order valence-electron chi connectivity index (χ0n) is 25.7. The molecule has 6 nitrogen and oxygen atoms in total. The van der Waals surface area contributed by atoms with E-state index in [0.717, 1.165) is 80.4 Å². The maximum absolute atomic E-state index is 5.82. The van der Waals surface area contributed by atoms with E-state index in [9.17, 15) is 0 Å². The fraction of sp³-hybridized carbons (Fsp3) is 0.471. The Kier molecular flexibility index (Phi) is 19.6. The highest BCUT2D eigenvalue weighted by atomic mass is 35.5. The summed E-state index contributed by atoms with van der Waals surface area (Å²) in [6.07, 6.45) is 8.71. The molecule has 0 atom stereocenters. The molecule has 0 aliphatic rings. The number of ether oxygens (including phenoxy) is 4. The van der Waals surface area contributed by atoms with Gasteiger partial charge >= 0.3 is 0 Å². The van der Waals surface area contributed by atoms with Crippen molar-refractivity contribution in [2.45, 2.75) is 51.4 Å². The Morgan fingerprint density at radius 2 is 1.14 bits per heavy atom. The molecule has 3 aromatic carbocycles. The van der Waals surface area contributed by atoms with E-state index in [-0.39, 0.29) is 24.8 Å². The Bertz CT molecular complexity index is 1110. The van der Waals surface area contributed by atoms with Gasteiger partial charge < -0.3 is 29.6 Å². The van der Waals surface area contributed by atoms with Crippen LogP contribution in [-0.4, -0.2) is 54.6 Å². The second-order valence-corrected chi connectivity index (χ2v) is 10.1. The van der Waals surface area contributed by atoms with Gasteiger partial charge in [-0.25, -0.2) is 0 Å². The number of benzene rings is 3. The summed E-state index contributed by atoms with van der Waals surface area (Å²) < 4.78 is 22.3.